The average molecular weight is 286 g/mol. The molecule has 1 aliphatic rings. The van der Waals surface area contributed by atoms with Gasteiger partial charge in [-0.3, -0.25) is 0 Å². The molecule has 4 heteroatoms. The zero-order valence-electron chi connectivity index (χ0n) is 11.5. The average Bonchev–Trinajstić information content (AvgIpc) is 2.79. The SMILES string of the molecule is CCNC(Cc1cc(Cl)ccc1F)C1OCCC1C. The Kier molecular flexibility index (Phi) is 5.20. The van der Waals surface area contributed by atoms with E-state index in [4.69, 9.17) is 16.3 Å². The van der Waals surface area contributed by atoms with E-state index in [0.29, 0.717) is 22.9 Å². The monoisotopic (exact) mass is 285 g/mol. The maximum absolute atomic E-state index is 13.8. The van der Waals surface area contributed by atoms with Gasteiger partial charge in [-0.15, -0.1) is 0 Å². The molecular formula is C15H21ClFNO. The number of benzene rings is 1. The van der Waals surface area contributed by atoms with E-state index >= 15 is 0 Å². The summed E-state index contributed by atoms with van der Waals surface area (Å²) >= 11 is 5.95. The topological polar surface area (TPSA) is 21.3 Å². The summed E-state index contributed by atoms with van der Waals surface area (Å²) in [5.74, 6) is 0.309. The molecule has 1 fully saturated rings. The van der Waals surface area contributed by atoms with Crippen molar-refractivity contribution in [3.8, 4) is 0 Å². The minimum absolute atomic E-state index is 0.135. The normalized spacial score (nSPS) is 24.6. The number of hydrogen-bond acceptors (Lipinski definition) is 2. The van der Waals surface area contributed by atoms with E-state index in [1.807, 2.05) is 0 Å². The Morgan fingerprint density at radius 2 is 2.32 bits per heavy atom. The van der Waals surface area contributed by atoms with Crippen LogP contribution in [-0.4, -0.2) is 25.3 Å². The molecule has 0 aliphatic carbocycles. The van der Waals surface area contributed by atoms with E-state index < -0.39 is 0 Å². The van der Waals surface area contributed by atoms with Crippen LogP contribution in [0.4, 0.5) is 4.39 Å². The Bertz CT molecular complexity index is 427. The van der Waals surface area contributed by atoms with Crippen molar-refractivity contribution in [2.75, 3.05) is 13.2 Å². The van der Waals surface area contributed by atoms with Crippen molar-refractivity contribution in [2.45, 2.75) is 38.8 Å². The van der Waals surface area contributed by atoms with Crippen molar-refractivity contribution in [1.82, 2.24) is 5.32 Å². The summed E-state index contributed by atoms with van der Waals surface area (Å²) in [7, 11) is 0. The summed E-state index contributed by atoms with van der Waals surface area (Å²) in [6.07, 6.45) is 1.83. The zero-order chi connectivity index (χ0) is 13.8. The molecule has 1 aliphatic heterocycles. The minimum Gasteiger partial charge on any atom is -0.376 e. The molecule has 0 radical (unpaired) electrons. The Labute approximate surface area is 119 Å². The van der Waals surface area contributed by atoms with Crippen LogP contribution in [0.3, 0.4) is 0 Å². The van der Waals surface area contributed by atoms with E-state index in [-0.39, 0.29) is 18.0 Å². The molecular weight excluding hydrogens is 265 g/mol. The Morgan fingerprint density at radius 1 is 1.53 bits per heavy atom. The Morgan fingerprint density at radius 3 is 2.95 bits per heavy atom. The molecule has 0 saturated carbocycles. The highest BCUT2D eigenvalue weighted by molar-refractivity contribution is 6.30. The van der Waals surface area contributed by atoms with Gasteiger partial charge < -0.3 is 10.1 Å². The van der Waals surface area contributed by atoms with Crippen LogP contribution < -0.4 is 5.32 Å². The van der Waals surface area contributed by atoms with Crippen LogP contribution in [0, 0.1) is 11.7 Å². The lowest BCUT2D eigenvalue weighted by Crippen LogP contribution is -2.43. The summed E-state index contributed by atoms with van der Waals surface area (Å²) in [5, 5.41) is 3.99. The van der Waals surface area contributed by atoms with Crippen molar-refractivity contribution in [3.05, 3.63) is 34.6 Å². The third-order valence-corrected chi connectivity index (χ3v) is 3.99. The van der Waals surface area contributed by atoms with Gasteiger partial charge in [-0.2, -0.15) is 0 Å². The van der Waals surface area contributed by atoms with Gasteiger partial charge in [-0.1, -0.05) is 25.4 Å². The van der Waals surface area contributed by atoms with E-state index in [9.17, 15) is 4.39 Å². The van der Waals surface area contributed by atoms with Gasteiger partial charge in [0.25, 0.3) is 0 Å². The molecule has 3 atom stereocenters. The van der Waals surface area contributed by atoms with Gasteiger partial charge in [0, 0.05) is 17.7 Å². The highest BCUT2D eigenvalue weighted by Gasteiger charge is 2.32. The fourth-order valence-electron chi connectivity index (χ4n) is 2.73. The van der Waals surface area contributed by atoms with Gasteiger partial charge in [0.05, 0.1) is 6.10 Å². The maximum Gasteiger partial charge on any atom is 0.126 e. The summed E-state index contributed by atoms with van der Waals surface area (Å²) in [5.41, 5.74) is 0.654. The number of rotatable bonds is 5. The van der Waals surface area contributed by atoms with Crippen LogP contribution in [0.25, 0.3) is 0 Å². The van der Waals surface area contributed by atoms with Gasteiger partial charge in [-0.25, -0.2) is 4.39 Å². The van der Waals surface area contributed by atoms with Crippen molar-refractivity contribution < 1.29 is 9.13 Å². The summed E-state index contributed by atoms with van der Waals surface area (Å²) in [6.45, 7) is 5.89. The quantitative estimate of drug-likeness (QED) is 0.895. The molecule has 1 aromatic rings. The van der Waals surface area contributed by atoms with E-state index in [0.717, 1.165) is 19.6 Å². The number of ether oxygens (including phenoxy) is 1. The molecule has 1 heterocycles. The standard InChI is InChI=1S/C15H21ClFNO/c1-3-18-14(15-10(2)6-7-19-15)9-11-8-12(16)4-5-13(11)17/h4-5,8,10,14-15,18H,3,6-7,9H2,1-2H3. The van der Waals surface area contributed by atoms with Gasteiger partial charge >= 0.3 is 0 Å². The second-order valence-electron chi connectivity index (χ2n) is 5.21. The van der Waals surface area contributed by atoms with Crippen LogP contribution in [-0.2, 0) is 11.2 Å². The lowest BCUT2D eigenvalue weighted by molar-refractivity contribution is 0.0613. The van der Waals surface area contributed by atoms with Crippen molar-refractivity contribution in [3.63, 3.8) is 0 Å². The third-order valence-electron chi connectivity index (χ3n) is 3.75. The van der Waals surface area contributed by atoms with Crippen LogP contribution in [0.5, 0.6) is 0 Å². The highest BCUT2D eigenvalue weighted by atomic mass is 35.5. The highest BCUT2D eigenvalue weighted by Crippen LogP contribution is 2.26. The molecule has 2 nitrogen and oxygen atoms in total. The first-order valence-corrected chi connectivity index (χ1v) is 7.28. The largest absolute Gasteiger partial charge is 0.376 e. The van der Waals surface area contributed by atoms with Gasteiger partial charge in [0.15, 0.2) is 0 Å². The molecule has 0 spiro atoms. The molecule has 106 valence electrons. The Balaban J connectivity index is 2.13. The van der Waals surface area contributed by atoms with Crippen LogP contribution in [0.15, 0.2) is 18.2 Å². The lowest BCUT2D eigenvalue weighted by atomic mass is 9.92. The predicted molar refractivity (Wildman–Crippen MR) is 76.1 cm³/mol. The second kappa shape index (κ2) is 6.69. The van der Waals surface area contributed by atoms with Crippen molar-refractivity contribution in [2.24, 2.45) is 5.92 Å². The van der Waals surface area contributed by atoms with E-state index in [1.54, 1.807) is 12.1 Å². The first-order valence-electron chi connectivity index (χ1n) is 6.90. The first kappa shape index (κ1) is 14.8. The maximum atomic E-state index is 13.8. The number of hydrogen-bond donors (Lipinski definition) is 1. The second-order valence-corrected chi connectivity index (χ2v) is 5.64. The predicted octanol–water partition coefficient (Wildman–Crippen LogP) is 3.42. The van der Waals surface area contributed by atoms with Crippen molar-refractivity contribution >= 4 is 11.6 Å². The number of halogens is 2. The van der Waals surface area contributed by atoms with E-state index in [2.05, 4.69) is 19.2 Å². The zero-order valence-corrected chi connectivity index (χ0v) is 12.2. The molecule has 19 heavy (non-hydrogen) atoms. The molecule has 1 aromatic carbocycles. The summed E-state index contributed by atoms with van der Waals surface area (Å²) in [4.78, 5) is 0. The van der Waals surface area contributed by atoms with Crippen LogP contribution in [0.1, 0.15) is 25.8 Å². The van der Waals surface area contributed by atoms with Crippen LogP contribution >= 0.6 is 11.6 Å². The number of nitrogens with one attached hydrogen (secondary N) is 1. The smallest absolute Gasteiger partial charge is 0.126 e. The third kappa shape index (κ3) is 3.68. The molecule has 0 amide bonds. The van der Waals surface area contributed by atoms with Gasteiger partial charge in [0.1, 0.15) is 5.82 Å². The molecule has 1 N–H and O–H groups in total. The molecule has 3 unspecified atom stereocenters. The molecule has 2 rings (SSSR count). The molecule has 0 aromatic heterocycles. The van der Waals surface area contributed by atoms with E-state index in [1.165, 1.54) is 6.07 Å². The van der Waals surface area contributed by atoms with Crippen molar-refractivity contribution in [1.29, 1.82) is 0 Å². The number of likely N-dealkylation sites (N-methyl/N-ethyl adjacent to an activating group) is 1. The summed E-state index contributed by atoms with van der Waals surface area (Å²) < 4.78 is 19.6. The molecule has 1 saturated heterocycles. The summed E-state index contributed by atoms with van der Waals surface area (Å²) in [6, 6.07) is 4.85. The van der Waals surface area contributed by atoms with Crippen LogP contribution in [0.2, 0.25) is 5.02 Å². The van der Waals surface area contributed by atoms with Gasteiger partial charge in [-0.05, 0) is 49.1 Å². The fraction of sp³-hybridized carbons (Fsp3) is 0.600. The Hall–Kier alpha value is -0.640. The minimum atomic E-state index is -0.196. The molecule has 0 bridgehead atoms. The first-order chi connectivity index (χ1) is 9.11. The van der Waals surface area contributed by atoms with Gasteiger partial charge in [0.2, 0.25) is 0 Å². The lowest BCUT2D eigenvalue weighted by Gasteiger charge is -2.27. The fourth-order valence-corrected chi connectivity index (χ4v) is 2.93.